The molecular weight excluding hydrogens is 388 g/mol. The molecule has 0 aliphatic rings. The number of methoxy groups -OCH3 is 1. The quantitative estimate of drug-likeness (QED) is 0.680. The van der Waals surface area contributed by atoms with Crippen molar-refractivity contribution in [1.82, 2.24) is 14.3 Å². The average Bonchev–Trinajstić information content (AvgIpc) is 3.01. The molecule has 0 unspecified atom stereocenters. The topological polar surface area (TPSA) is 73.2 Å². The summed E-state index contributed by atoms with van der Waals surface area (Å²) in [7, 11) is -1.11. The van der Waals surface area contributed by atoms with Crippen LogP contribution in [0, 0.1) is 18.6 Å². The van der Waals surface area contributed by atoms with Crippen molar-refractivity contribution >= 4 is 10.0 Å². The minimum absolute atomic E-state index is 0.0337. The van der Waals surface area contributed by atoms with Gasteiger partial charge < -0.3 is 10.1 Å². The second-order valence-electron chi connectivity index (χ2n) is 6.16. The Labute approximate surface area is 161 Å². The predicted molar refractivity (Wildman–Crippen MR) is 101 cm³/mol. The second-order valence-corrected chi connectivity index (χ2v) is 7.92. The molecule has 0 spiro atoms. The van der Waals surface area contributed by atoms with Gasteiger partial charge in [0.25, 0.3) is 10.0 Å². The molecule has 0 saturated heterocycles. The standard InChI is InChI=1S/C19H19F2N3O3S/c1-12-6-7-23-17(8-12)28(25,26)24-11-13(10-22-2)19(27-3)18(24)15-5-4-14(20)9-16(15)21/h4-9,11,22H,10H2,1-3H3. The van der Waals surface area contributed by atoms with Crippen LogP contribution in [0.1, 0.15) is 11.1 Å². The number of benzene rings is 1. The van der Waals surface area contributed by atoms with E-state index in [1.54, 1.807) is 20.0 Å². The summed E-state index contributed by atoms with van der Waals surface area (Å²) in [6, 6.07) is 6.03. The molecule has 1 aromatic carbocycles. The van der Waals surface area contributed by atoms with Crippen molar-refractivity contribution in [1.29, 1.82) is 0 Å². The van der Waals surface area contributed by atoms with Crippen molar-refractivity contribution in [3.05, 3.63) is 65.5 Å². The first-order chi connectivity index (χ1) is 13.3. The monoisotopic (exact) mass is 407 g/mol. The Balaban J connectivity index is 2.34. The fourth-order valence-electron chi connectivity index (χ4n) is 2.92. The van der Waals surface area contributed by atoms with Crippen molar-refractivity contribution in [2.45, 2.75) is 18.5 Å². The fourth-order valence-corrected chi connectivity index (χ4v) is 4.34. The summed E-state index contributed by atoms with van der Waals surface area (Å²) in [6.45, 7) is 2.02. The van der Waals surface area contributed by atoms with Gasteiger partial charge in [-0.2, -0.15) is 8.42 Å². The summed E-state index contributed by atoms with van der Waals surface area (Å²) >= 11 is 0. The molecule has 28 heavy (non-hydrogen) atoms. The lowest BCUT2D eigenvalue weighted by molar-refractivity contribution is 0.411. The third kappa shape index (κ3) is 3.50. The van der Waals surface area contributed by atoms with Gasteiger partial charge in [-0.3, -0.25) is 0 Å². The first-order valence-corrected chi connectivity index (χ1v) is 9.80. The molecule has 0 atom stereocenters. The zero-order valence-electron chi connectivity index (χ0n) is 15.5. The Morgan fingerprint density at radius 1 is 1.21 bits per heavy atom. The first-order valence-electron chi connectivity index (χ1n) is 8.36. The van der Waals surface area contributed by atoms with Crippen LogP contribution in [0.4, 0.5) is 8.78 Å². The highest BCUT2D eigenvalue weighted by molar-refractivity contribution is 7.90. The highest BCUT2D eigenvalue weighted by atomic mass is 32.2. The molecule has 6 nitrogen and oxygen atoms in total. The fraction of sp³-hybridized carbons (Fsp3) is 0.211. The summed E-state index contributed by atoms with van der Waals surface area (Å²) in [5.41, 5.74) is 1.07. The zero-order chi connectivity index (χ0) is 20.5. The number of aromatic nitrogens is 2. The number of rotatable bonds is 6. The molecule has 0 aliphatic carbocycles. The van der Waals surface area contributed by atoms with Crippen LogP contribution >= 0.6 is 0 Å². The largest absolute Gasteiger partial charge is 0.494 e. The summed E-state index contributed by atoms with van der Waals surface area (Å²) in [5.74, 6) is -1.49. The third-order valence-corrected chi connectivity index (χ3v) is 5.73. The summed E-state index contributed by atoms with van der Waals surface area (Å²) in [6.07, 6.45) is 2.74. The summed E-state index contributed by atoms with van der Waals surface area (Å²) in [5, 5.41) is 2.73. The number of hydrogen-bond donors (Lipinski definition) is 1. The van der Waals surface area contributed by atoms with Gasteiger partial charge in [-0.05, 0) is 43.8 Å². The van der Waals surface area contributed by atoms with Crippen LogP contribution in [0.3, 0.4) is 0 Å². The van der Waals surface area contributed by atoms with Gasteiger partial charge in [0, 0.05) is 36.1 Å². The van der Waals surface area contributed by atoms with Gasteiger partial charge in [-0.1, -0.05) is 0 Å². The van der Waals surface area contributed by atoms with E-state index in [-0.39, 0.29) is 28.6 Å². The van der Waals surface area contributed by atoms with Gasteiger partial charge >= 0.3 is 0 Å². The van der Waals surface area contributed by atoms with E-state index in [1.807, 2.05) is 0 Å². The predicted octanol–water partition coefficient (Wildman–Crippen LogP) is 3.10. The van der Waals surface area contributed by atoms with E-state index in [0.29, 0.717) is 17.2 Å². The van der Waals surface area contributed by atoms with Crippen molar-refractivity contribution in [2.24, 2.45) is 0 Å². The Hall–Kier alpha value is -2.78. The number of halogens is 2. The van der Waals surface area contributed by atoms with E-state index in [2.05, 4.69) is 10.3 Å². The number of pyridine rings is 1. The molecule has 2 aromatic heterocycles. The molecule has 9 heteroatoms. The molecule has 3 rings (SSSR count). The van der Waals surface area contributed by atoms with E-state index in [1.165, 1.54) is 31.6 Å². The number of hydrogen-bond acceptors (Lipinski definition) is 5. The molecule has 148 valence electrons. The maximum atomic E-state index is 14.5. The third-order valence-electron chi connectivity index (χ3n) is 4.17. The van der Waals surface area contributed by atoms with Crippen LogP contribution < -0.4 is 10.1 Å². The maximum absolute atomic E-state index is 14.5. The Bertz CT molecular complexity index is 1130. The van der Waals surface area contributed by atoms with Crippen molar-refractivity contribution < 1.29 is 21.9 Å². The Kier molecular flexibility index (Phi) is 5.48. The van der Waals surface area contributed by atoms with Gasteiger partial charge in [0.05, 0.1) is 7.11 Å². The molecule has 0 fully saturated rings. The lowest BCUT2D eigenvalue weighted by Gasteiger charge is -2.13. The molecule has 3 aromatic rings. The average molecular weight is 407 g/mol. The van der Waals surface area contributed by atoms with Gasteiger partial charge in [0.15, 0.2) is 5.03 Å². The Morgan fingerprint density at radius 3 is 2.57 bits per heavy atom. The van der Waals surface area contributed by atoms with Crippen LogP contribution in [0.2, 0.25) is 0 Å². The lowest BCUT2D eigenvalue weighted by Crippen LogP contribution is -2.15. The highest BCUT2D eigenvalue weighted by Gasteiger charge is 2.29. The minimum Gasteiger partial charge on any atom is -0.494 e. The van der Waals surface area contributed by atoms with E-state index < -0.39 is 21.7 Å². The molecule has 0 amide bonds. The normalized spacial score (nSPS) is 11.6. The van der Waals surface area contributed by atoms with Gasteiger partial charge in [0.1, 0.15) is 23.1 Å². The van der Waals surface area contributed by atoms with Crippen LogP contribution in [-0.2, 0) is 16.6 Å². The lowest BCUT2D eigenvalue weighted by atomic mass is 10.1. The van der Waals surface area contributed by atoms with E-state index in [9.17, 15) is 17.2 Å². The minimum atomic E-state index is -4.16. The van der Waals surface area contributed by atoms with Crippen molar-refractivity contribution in [2.75, 3.05) is 14.2 Å². The molecule has 0 aliphatic heterocycles. The van der Waals surface area contributed by atoms with Crippen LogP contribution in [0.5, 0.6) is 5.75 Å². The maximum Gasteiger partial charge on any atom is 0.285 e. The SMILES string of the molecule is CNCc1cn(S(=O)(=O)c2cc(C)ccn2)c(-c2ccc(F)cc2F)c1OC. The summed E-state index contributed by atoms with van der Waals surface area (Å²) < 4.78 is 60.8. The van der Waals surface area contributed by atoms with Crippen LogP contribution in [0.25, 0.3) is 11.3 Å². The first kappa shape index (κ1) is 20.0. The molecule has 0 radical (unpaired) electrons. The molecule has 1 N–H and O–H groups in total. The zero-order valence-corrected chi connectivity index (χ0v) is 16.3. The highest BCUT2D eigenvalue weighted by Crippen LogP contribution is 2.38. The van der Waals surface area contributed by atoms with Gasteiger partial charge in [-0.15, -0.1) is 0 Å². The van der Waals surface area contributed by atoms with E-state index in [4.69, 9.17) is 4.74 Å². The smallest absolute Gasteiger partial charge is 0.285 e. The number of aryl methyl sites for hydroxylation is 1. The second kappa shape index (κ2) is 7.69. The molecule has 0 bridgehead atoms. The van der Waals surface area contributed by atoms with Gasteiger partial charge in [0.2, 0.25) is 0 Å². The van der Waals surface area contributed by atoms with Crippen molar-refractivity contribution in [3.8, 4) is 17.0 Å². The van der Waals surface area contributed by atoms with E-state index in [0.717, 1.165) is 10.0 Å². The summed E-state index contributed by atoms with van der Waals surface area (Å²) in [4.78, 5) is 3.95. The Morgan fingerprint density at radius 2 is 1.96 bits per heavy atom. The molecule has 0 saturated carbocycles. The van der Waals surface area contributed by atoms with E-state index >= 15 is 0 Å². The number of ether oxygens (including phenoxy) is 1. The number of nitrogens with zero attached hydrogens (tertiary/aromatic N) is 2. The van der Waals surface area contributed by atoms with Crippen LogP contribution in [-0.4, -0.2) is 31.5 Å². The molecular formula is C19H19F2N3O3S. The van der Waals surface area contributed by atoms with Crippen LogP contribution in [0.15, 0.2) is 47.8 Å². The number of nitrogens with one attached hydrogen (secondary N) is 1. The molecule has 2 heterocycles. The van der Waals surface area contributed by atoms with Gasteiger partial charge in [-0.25, -0.2) is 17.7 Å². The van der Waals surface area contributed by atoms with Crippen molar-refractivity contribution in [3.63, 3.8) is 0 Å².